The van der Waals surface area contributed by atoms with E-state index >= 15 is 0 Å². The number of nitrogens with one attached hydrogen (secondary N) is 1. The van der Waals surface area contributed by atoms with Crippen molar-refractivity contribution in [2.45, 2.75) is 13.5 Å². The van der Waals surface area contributed by atoms with Crippen molar-refractivity contribution >= 4 is 28.9 Å². The first-order valence-electron chi connectivity index (χ1n) is 5.73. The Labute approximate surface area is 115 Å². The van der Waals surface area contributed by atoms with Gasteiger partial charge in [0.1, 0.15) is 11.5 Å². The zero-order chi connectivity index (χ0) is 14.0. The molecule has 4 nitrogen and oxygen atoms in total. The predicted octanol–water partition coefficient (Wildman–Crippen LogP) is 3.14. The number of nitrogens with zero attached hydrogens (tertiary/aromatic N) is 1. The summed E-state index contributed by atoms with van der Waals surface area (Å²) >= 11 is 5.65. The molecule has 0 unspecified atom stereocenters. The molecule has 0 aliphatic rings. The summed E-state index contributed by atoms with van der Waals surface area (Å²) in [5, 5.41) is 2.61. The normalized spacial score (nSPS) is 10.5. The van der Waals surface area contributed by atoms with Crippen LogP contribution >= 0.6 is 11.6 Å². The molecule has 0 saturated heterocycles. The van der Waals surface area contributed by atoms with Crippen molar-refractivity contribution in [2.75, 3.05) is 11.1 Å². The van der Waals surface area contributed by atoms with Crippen LogP contribution in [0.15, 0.2) is 30.5 Å². The maximum atomic E-state index is 13.0. The third kappa shape index (κ3) is 2.88. The second kappa shape index (κ2) is 5.32. The van der Waals surface area contributed by atoms with Gasteiger partial charge in [0.15, 0.2) is 0 Å². The second-order valence-corrected chi connectivity index (χ2v) is 4.43. The van der Waals surface area contributed by atoms with Gasteiger partial charge in [-0.05, 0) is 31.2 Å². The minimum atomic E-state index is -0.527. The van der Waals surface area contributed by atoms with Crippen LogP contribution in [0.3, 0.4) is 0 Å². The monoisotopic (exact) mass is 281 g/mol. The highest BCUT2D eigenvalue weighted by atomic mass is 35.5. The molecule has 19 heavy (non-hydrogen) atoms. The van der Waals surface area contributed by atoms with Crippen molar-refractivity contribution in [1.82, 2.24) is 4.57 Å². The molecule has 0 saturated carbocycles. The summed E-state index contributed by atoms with van der Waals surface area (Å²) in [5.41, 5.74) is 7.05. The van der Waals surface area contributed by atoms with E-state index in [1.165, 1.54) is 18.2 Å². The van der Waals surface area contributed by atoms with Gasteiger partial charge in [-0.3, -0.25) is 4.79 Å². The first kappa shape index (κ1) is 13.4. The minimum absolute atomic E-state index is 0.0387. The predicted molar refractivity (Wildman–Crippen MR) is 73.9 cm³/mol. The first-order chi connectivity index (χ1) is 9.01. The largest absolute Gasteiger partial charge is 0.397 e. The zero-order valence-corrected chi connectivity index (χ0v) is 11.0. The second-order valence-electron chi connectivity index (χ2n) is 4.03. The summed E-state index contributed by atoms with van der Waals surface area (Å²) in [6.07, 6.45) is 1.69. The Morgan fingerprint density at radius 1 is 1.47 bits per heavy atom. The van der Waals surface area contributed by atoms with Crippen LogP contribution in [0.1, 0.15) is 17.4 Å². The van der Waals surface area contributed by atoms with Crippen LogP contribution in [0.5, 0.6) is 0 Å². The summed E-state index contributed by atoms with van der Waals surface area (Å²) in [6, 6.07) is 5.59. The lowest BCUT2D eigenvalue weighted by Gasteiger charge is -2.08. The van der Waals surface area contributed by atoms with Crippen molar-refractivity contribution in [1.29, 1.82) is 0 Å². The van der Waals surface area contributed by atoms with Crippen LogP contribution in [-0.4, -0.2) is 10.5 Å². The van der Waals surface area contributed by atoms with Gasteiger partial charge in [-0.15, -0.1) is 0 Å². The van der Waals surface area contributed by atoms with Crippen molar-refractivity contribution < 1.29 is 9.18 Å². The standard InChI is InChI=1S/C13H13ClFN3O/c1-2-18-7-8(16)5-12(18)13(19)17-9-3-4-11(15)10(14)6-9/h3-7H,2,16H2,1H3,(H,17,19). The fourth-order valence-corrected chi connectivity index (χ4v) is 1.93. The number of hydrogen-bond acceptors (Lipinski definition) is 2. The van der Waals surface area contributed by atoms with E-state index in [0.29, 0.717) is 23.6 Å². The summed E-state index contributed by atoms with van der Waals surface area (Å²) in [7, 11) is 0. The third-order valence-electron chi connectivity index (χ3n) is 2.67. The van der Waals surface area contributed by atoms with E-state index in [1.54, 1.807) is 16.8 Å². The van der Waals surface area contributed by atoms with Gasteiger partial charge < -0.3 is 15.6 Å². The highest BCUT2D eigenvalue weighted by molar-refractivity contribution is 6.31. The number of rotatable bonds is 3. The number of halogens is 2. The van der Waals surface area contributed by atoms with E-state index in [9.17, 15) is 9.18 Å². The molecule has 2 aromatic rings. The number of nitrogen functional groups attached to an aromatic ring is 1. The minimum Gasteiger partial charge on any atom is -0.397 e. The van der Waals surface area contributed by atoms with Gasteiger partial charge in [0.2, 0.25) is 0 Å². The molecule has 0 fully saturated rings. The van der Waals surface area contributed by atoms with Crippen molar-refractivity contribution in [3.63, 3.8) is 0 Å². The Bertz CT molecular complexity index is 624. The number of nitrogens with two attached hydrogens (primary N) is 1. The average molecular weight is 282 g/mol. The van der Waals surface area contributed by atoms with Gasteiger partial charge in [0.25, 0.3) is 5.91 Å². The summed E-state index contributed by atoms with van der Waals surface area (Å²) < 4.78 is 14.7. The van der Waals surface area contributed by atoms with Crippen LogP contribution in [0.25, 0.3) is 0 Å². The molecule has 0 aliphatic carbocycles. The van der Waals surface area contributed by atoms with Crippen molar-refractivity contribution in [2.24, 2.45) is 0 Å². The number of carbonyl (C=O) groups is 1. The maximum Gasteiger partial charge on any atom is 0.272 e. The summed E-state index contributed by atoms with van der Waals surface area (Å²) in [4.78, 5) is 12.1. The molecular weight excluding hydrogens is 269 g/mol. The third-order valence-corrected chi connectivity index (χ3v) is 2.96. The lowest BCUT2D eigenvalue weighted by molar-refractivity contribution is 0.101. The lowest BCUT2D eigenvalue weighted by atomic mass is 10.3. The smallest absolute Gasteiger partial charge is 0.272 e. The number of aromatic nitrogens is 1. The Kier molecular flexibility index (Phi) is 3.76. The maximum absolute atomic E-state index is 13.0. The van der Waals surface area contributed by atoms with E-state index < -0.39 is 5.82 Å². The molecule has 1 aromatic heterocycles. The van der Waals surface area contributed by atoms with Crippen LogP contribution < -0.4 is 11.1 Å². The molecule has 0 radical (unpaired) electrons. The topological polar surface area (TPSA) is 60.0 Å². The van der Waals surface area contributed by atoms with Gasteiger partial charge in [-0.1, -0.05) is 11.6 Å². The van der Waals surface area contributed by atoms with Crippen molar-refractivity contribution in [3.05, 3.63) is 47.0 Å². The molecular formula is C13H13ClFN3O. The van der Waals surface area contributed by atoms with Gasteiger partial charge in [0.05, 0.1) is 10.7 Å². The molecule has 1 amide bonds. The quantitative estimate of drug-likeness (QED) is 0.908. The van der Waals surface area contributed by atoms with Gasteiger partial charge in [-0.25, -0.2) is 4.39 Å². The number of amides is 1. The molecule has 2 rings (SSSR count). The average Bonchev–Trinajstić information content (AvgIpc) is 2.75. The lowest BCUT2D eigenvalue weighted by Crippen LogP contribution is -2.16. The highest BCUT2D eigenvalue weighted by Crippen LogP contribution is 2.20. The highest BCUT2D eigenvalue weighted by Gasteiger charge is 2.13. The van der Waals surface area contributed by atoms with Crippen LogP contribution in [0.2, 0.25) is 5.02 Å². The zero-order valence-electron chi connectivity index (χ0n) is 10.3. The Balaban J connectivity index is 2.22. The SMILES string of the molecule is CCn1cc(N)cc1C(=O)Nc1ccc(F)c(Cl)c1. The molecule has 0 atom stereocenters. The Morgan fingerprint density at radius 3 is 2.84 bits per heavy atom. The van der Waals surface area contributed by atoms with Crippen LogP contribution in [0, 0.1) is 5.82 Å². The van der Waals surface area contributed by atoms with E-state index in [1.807, 2.05) is 6.92 Å². The molecule has 6 heteroatoms. The fraction of sp³-hybridized carbons (Fsp3) is 0.154. The summed E-state index contributed by atoms with van der Waals surface area (Å²) in [5.74, 6) is -0.845. The summed E-state index contributed by atoms with van der Waals surface area (Å²) in [6.45, 7) is 2.54. The van der Waals surface area contributed by atoms with Gasteiger partial charge >= 0.3 is 0 Å². The van der Waals surface area contributed by atoms with Gasteiger partial charge in [0, 0.05) is 18.4 Å². The number of benzene rings is 1. The Hall–Kier alpha value is -2.01. The van der Waals surface area contributed by atoms with E-state index in [-0.39, 0.29) is 10.9 Å². The molecule has 0 spiro atoms. The molecule has 0 bridgehead atoms. The number of carbonyl (C=O) groups excluding carboxylic acids is 1. The fourth-order valence-electron chi connectivity index (χ4n) is 1.75. The number of hydrogen-bond donors (Lipinski definition) is 2. The van der Waals surface area contributed by atoms with E-state index in [2.05, 4.69) is 5.32 Å². The van der Waals surface area contributed by atoms with Crippen LogP contribution in [-0.2, 0) is 6.54 Å². The van der Waals surface area contributed by atoms with Crippen LogP contribution in [0.4, 0.5) is 15.8 Å². The Morgan fingerprint density at radius 2 is 2.21 bits per heavy atom. The van der Waals surface area contributed by atoms with E-state index in [4.69, 9.17) is 17.3 Å². The molecule has 1 heterocycles. The molecule has 3 N–H and O–H groups in total. The van der Waals surface area contributed by atoms with Crippen molar-refractivity contribution in [3.8, 4) is 0 Å². The first-order valence-corrected chi connectivity index (χ1v) is 6.11. The molecule has 100 valence electrons. The number of anilines is 2. The number of aryl methyl sites for hydroxylation is 1. The molecule has 0 aliphatic heterocycles. The van der Waals surface area contributed by atoms with E-state index in [0.717, 1.165) is 0 Å². The molecule has 1 aromatic carbocycles. The van der Waals surface area contributed by atoms with Gasteiger partial charge in [-0.2, -0.15) is 0 Å².